The zero-order valence-electron chi connectivity index (χ0n) is 10.6. The summed E-state index contributed by atoms with van der Waals surface area (Å²) in [6.07, 6.45) is -0.650. The van der Waals surface area contributed by atoms with Gasteiger partial charge in [0.05, 0.1) is 19.1 Å². The van der Waals surface area contributed by atoms with E-state index in [0.717, 1.165) is 11.1 Å². The molecular formula is C14H19NO2. The van der Waals surface area contributed by atoms with Crippen molar-refractivity contribution in [3.05, 3.63) is 34.9 Å². The molecule has 0 aliphatic heterocycles. The van der Waals surface area contributed by atoms with E-state index < -0.39 is 6.29 Å². The normalized spacial score (nSPS) is 12.5. The topological polar surface area (TPSA) is 53.2 Å². The fourth-order valence-corrected chi connectivity index (χ4v) is 1.81. The first-order valence-corrected chi connectivity index (χ1v) is 5.83. The lowest BCUT2D eigenvalue weighted by Gasteiger charge is -2.15. The van der Waals surface area contributed by atoms with E-state index in [4.69, 9.17) is 10.00 Å². The minimum absolute atomic E-state index is 0.253. The molecule has 0 aromatic heterocycles. The molecule has 3 nitrogen and oxygen atoms in total. The first-order chi connectivity index (χ1) is 8.06. The number of rotatable bonds is 5. The average Bonchev–Trinajstić information content (AvgIpc) is 2.28. The Morgan fingerprint density at radius 2 is 2.12 bits per heavy atom. The van der Waals surface area contributed by atoms with E-state index >= 15 is 0 Å². The van der Waals surface area contributed by atoms with Crippen molar-refractivity contribution in [3.63, 3.8) is 0 Å². The maximum absolute atomic E-state index is 9.77. The number of aryl methyl sites for hydroxylation is 1. The summed E-state index contributed by atoms with van der Waals surface area (Å²) in [7, 11) is 0. The highest BCUT2D eigenvalue weighted by atomic mass is 16.6. The number of nitrogens with zero attached hydrogens (tertiary/aromatic N) is 1. The molecule has 0 aliphatic carbocycles. The van der Waals surface area contributed by atoms with Gasteiger partial charge in [0.25, 0.3) is 0 Å². The molecule has 3 heteroatoms. The van der Waals surface area contributed by atoms with Gasteiger partial charge in [0.1, 0.15) is 0 Å². The zero-order chi connectivity index (χ0) is 12.8. The van der Waals surface area contributed by atoms with E-state index in [-0.39, 0.29) is 6.61 Å². The smallest absolute Gasteiger partial charge is 0.181 e. The molecule has 1 aromatic carbocycles. The molecule has 1 atom stereocenters. The van der Waals surface area contributed by atoms with Crippen LogP contribution in [0, 0.1) is 18.3 Å². The van der Waals surface area contributed by atoms with Gasteiger partial charge in [-0.25, -0.2) is 0 Å². The Balaban J connectivity index is 2.73. The number of aliphatic hydroxyl groups excluding tert-OH is 1. The molecule has 1 aromatic rings. The molecule has 1 N–H and O–H groups in total. The Hall–Kier alpha value is -1.37. The SMILES string of the molecule is Cc1cc(C(O)OCCC#N)ccc1C(C)C. The van der Waals surface area contributed by atoms with Crippen LogP contribution < -0.4 is 0 Å². The van der Waals surface area contributed by atoms with Crippen molar-refractivity contribution in [1.82, 2.24) is 0 Å². The lowest BCUT2D eigenvalue weighted by molar-refractivity contribution is -0.101. The van der Waals surface area contributed by atoms with Crippen LogP contribution in [-0.4, -0.2) is 11.7 Å². The van der Waals surface area contributed by atoms with E-state index in [1.54, 1.807) is 0 Å². The molecule has 0 heterocycles. The summed E-state index contributed by atoms with van der Waals surface area (Å²) >= 11 is 0. The molecule has 0 bridgehead atoms. The summed E-state index contributed by atoms with van der Waals surface area (Å²) in [6, 6.07) is 7.81. The van der Waals surface area contributed by atoms with Gasteiger partial charge in [-0.2, -0.15) is 5.26 Å². The summed E-state index contributed by atoms with van der Waals surface area (Å²) in [6.45, 7) is 6.56. The number of hydrogen-bond acceptors (Lipinski definition) is 3. The van der Waals surface area contributed by atoms with Crippen molar-refractivity contribution in [2.75, 3.05) is 6.61 Å². The molecule has 0 spiro atoms. The van der Waals surface area contributed by atoms with Crippen LogP contribution in [0.15, 0.2) is 18.2 Å². The quantitative estimate of drug-likeness (QED) is 0.628. The second-order valence-corrected chi connectivity index (χ2v) is 4.40. The van der Waals surface area contributed by atoms with Gasteiger partial charge in [0, 0.05) is 5.56 Å². The Kier molecular flexibility index (Phi) is 5.14. The first kappa shape index (κ1) is 13.7. The highest BCUT2D eigenvalue weighted by molar-refractivity contribution is 5.33. The number of ether oxygens (including phenoxy) is 1. The van der Waals surface area contributed by atoms with Gasteiger partial charge in [-0.15, -0.1) is 0 Å². The summed E-state index contributed by atoms with van der Waals surface area (Å²) < 4.78 is 5.16. The molecular weight excluding hydrogens is 214 g/mol. The van der Waals surface area contributed by atoms with Gasteiger partial charge < -0.3 is 9.84 Å². The molecule has 0 aliphatic rings. The van der Waals surface area contributed by atoms with Gasteiger partial charge in [-0.3, -0.25) is 0 Å². The van der Waals surface area contributed by atoms with Crippen molar-refractivity contribution in [2.45, 2.75) is 39.4 Å². The van der Waals surface area contributed by atoms with Crippen LogP contribution in [0.25, 0.3) is 0 Å². The fraction of sp³-hybridized carbons (Fsp3) is 0.500. The van der Waals surface area contributed by atoms with Crippen LogP contribution in [0.4, 0.5) is 0 Å². The summed E-state index contributed by atoms with van der Waals surface area (Å²) in [5.74, 6) is 0.473. The minimum Gasteiger partial charge on any atom is -0.364 e. The van der Waals surface area contributed by atoms with Crippen molar-refractivity contribution in [2.24, 2.45) is 0 Å². The van der Waals surface area contributed by atoms with Crippen LogP contribution in [0.3, 0.4) is 0 Å². The van der Waals surface area contributed by atoms with E-state index in [1.807, 2.05) is 31.2 Å². The minimum atomic E-state index is -0.941. The third kappa shape index (κ3) is 3.85. The number of aliphatic hydroxyl groups is 1. The maximum Gasteiger partial charge on any atom is 0.181 e. The molecule has 0 radical (unpaired) electrons. The maximum atomic E-state index is 9.77. The monoisotopic (exact) mass is 233 g/mol. The lowest BCUT2D eigenvalue weighted by atomic mass is 9.96. The van der Waals surface area contributed by atoms with E-state index in [0.29, 0.717) is 12.3 Å². The third-order valence-electron chi connectivity index (χ3n) is 2.69. The molecule has 0 amide bonds. The van der Waals surface area contributed by atoms with E-state index in [9.17, 15) is 5.11 Å². The summed E-state index contributed by atoms with van der Waals surface area (Å²) in [5.41, 5.74) is 3.17. The second-order valence-electron chi connectivity index (χ2n) is 4.40. The predicted molar refractivity (Wildman–Crippen MR) is 66.4 cm³/mol. The summed E-state index contributed by atoms with van der Waals surface area (Å²) in [4.78, 5) is 0. The van der Waals surface area contributed by atoms with Gasteiger partial charge in [0.2, 0.25) is 0 Å². The van der Waals surface area contributed by atoms with Crippen LogP contribution in [0.1, 0.15) is 49.2 Å². The van der Waals surface area contributed by atoms with Crippen LogP contribution in [-0.2, 0) is 4.74 Å². The third-order valence-corrected chi connectivity index (χ3v) is 2.69. The number of nitriles is 1. The van der Waals surface area contributed by atoms with Crippen molar-refractivity contribution in [1.29, 1.82) is 5.26 Å². The van der Waals surface area contributed by atoms with Gasteiger partial charge >= 0.3 is 0 Å². The zero-order valence-corrected chi connectivity index (χ0v) is 10.6. The fourth-order valence-electron chi connectivity index (χ4n) is 1.81. The summed E-state index contributed by atoms with van der Waals surface area (Å²) in [5, 5.41) is 18.1. The second kappa shape index (κ2) is 6.39. The molecule has 92 valence electrons. The molecule has 0 saturated carbocycles. The average molecular weight is 233 g/mol. The standard InChI is InChI=1S/C14H19NO2/c1-10(2)13-6-5-12(9-11(13)3)14(16)17-8-4-7-15/h5-6,9-10,14,16H,4,8H2,1-3H3. The lowest BCUT2D eigenvalue weighted by Crippen LogP contribution is -2.05. The van der Waals surface area contributed by atoms with E-state index in [2.05, 4.69) is 13.8 Å². The van der Waals surface area contributed by atoms with Gasteiger partial charge in [-0.05, 0) is 24.0 Å². The predicted octanol–water partition coefficient (Wildman–Crippen LogP) is 3.04. The molecule has 0 saturated heterocycles. The molecule has 17 heavy (non-hydrogen) atoms. The van der Waals surface area contributed by atoms with E-state index in [1.165, 1.54) is 5.56 Å². The highest BCUT2D eigenvalue weighted by Gasteiger charge is 2.10. The highest BCUT2D eigenvalue weighted by Crippen LogP contribution is 2.23. The first-order valence-electron chi connectivity index (χ1n) is 5.83. The van der Waals surface area contributed by atoms with Crippen molar-refractivity contribution >= 4 is 0 Å². The number of benzene rings is 1. The Labute approximate surface area is 103 Å². The Morgan fingerprint density at radius 1 is 1.41 bits per heavy atom. The van der Waals surface area contributed by atoms with Gasteiger partial charge in [-0.1, -0.05) is 32.0 Å². The van der Waals surface area contributed by atoms with Crippen LogP contribution in [0.5, 0.6) is 0 Å². The van der Waals surface area contributed by atoms with Crippen molar-refractivity contribution in [3.8, 4) is 6.07 Å². The molecule has 1 unspecified atom stereocenters. The molecule has 1 rings (SSSR count). The Bertz CT molecular complexity index is 407. The molecule has 0 fully saturated rings. The van der Waals surface area contributed by atoms with Crippen molar-refractivity contribution < 1.29 is 9.84 Å². The van der Waals surface area contributed by atoms with Crippen LogP contribution in [0.2, 0.25) is 0 Å². The largest absolute Gasteiger partial charge is 0.364 e. The Morgan fingerprint density at radius 3 is 2.65 bits per heavy atom. The van der Waals surface area contributed by atoms with Crippen LogP contribution >= 0.6 is 0 Å². The van der Waals surface area contributed by atoms with Gasteiger partial charge in [0.15, 0.2) is 6.29 Å². The number of hydrogen-bond donors (Lipinski definition) is 1.